The second-order valence-corrected chi connectivity index (χ2v) is 7.29. The molecule has 5 nitrogen and oxygen atoms in total. The minimum absolute atomic E-state index is 0. The maximum atomic E-state index is 10.7. The molecule has 1 heterocycles. The number of halogens is 1. The van der Waals surface area contributed by atoms with E-state index in [9.17, 15) is 5.11 Å². The van der Waals surface area contributed by atoms with Crippen LogP contribution in [0.1, 0.15) is 39.2 Å². The van der Waals surface area contributed by atoms with E-state index in [0.717, 1.165) is 37.1 Å². The van der Waals surface area contributed by atoms with Crippen molar-refractivity contribution in [3.05, 3.63) is 35.9 Å². The Morgan fingerprint density at radius 3 is 2.50 bits per heavy atom. The molecule has 6 heteroatoms. The minimum atomic E-state index is -0.966. The van der Waals surface area contributed by atoms with Crippen LogP contribution in [0, 0.1) is 5.92 Å². The molecular weight excluding hydrogens is 439 g/mol. The van der Waals surface area contributed by atoms with Crippen LogP contribution in [0.25, 0.3) is 0 Å². The first-order valence-electron chi connectivity index (χ1n) is 9.53. The molecule has 3 N–H and O–H groups in total. The van der Waals surface area contributed by atoms with Gasteiger partial charge in [-0.15, -0.1) is 24.0 Å². The first-order valence-corrected chi connectivity index (χ1v) is 9.53. The van der Waals surface area contributed by atoms with Crippen molar-refractivity contribution < 1.29 is 5.11 Å². The molecule has 1 aliphatic rings. The third-order valence-electron chi connectivity index (χ3n) is 4.88. The fourth-order valence-corrected chi connectivity index (χ4v) is 3.08. The van der Waals surface area contributed by atoms with Crippen molar-refractivity contribution in [3.8, 4) is 0 Å². The Hall–Kier alpha value is -0.860. The molecule has 1 atom stereocenters. The zero-order valence-electron chi connectivity index (χ0n) is 16.4. The molecule has 1 aromatic carbocycles. The lowest BCUT2D eigenvalue weighted by molar-refractivity contribution is 0.0672. The lowest BCUT2D eigenvalue weighted by atomic mass is 9.96. The molecule has 1 aromatic rings. The summed E-state index contributed by atoms with van der Waals surface area (Å²) in [5, 5.41) is 17.3. The fraction of sp³-hybridized carbons (Fsp3) is 0.650. The van der Waals surface area contributed by atoms with E-state index in [4.69, 9.17) is 0 Å². The number of hydrogen-bond acceptors (Lipinski definition) is 3. The van der Waals surface area contributed by atoms with Crippen LogP contribution in [-0.4, -0.2) is 55.2 Å². The van der Waals surface area contributed by atoms with Crippen LogP contribution in [0.4, 0.5) is 0 Å². The van der Waals surface area contributed by atoms with Crippen LogP contribution in [0.5, 0.6) is 0 Å². The van der Waals surface area contributed by atoms with Crippen LogP contribution in [-0.2, 0) is 5.60 Å². The standard InChI is InChI=1S/C20H34N4O.HI/c1-4-21-19(22-12-15-24-13-10-17(2)11-14-24)23-16-20(3,25)18-8-6-5-7-9-18;/h5-9,17,25H,4,10-16H2,1-3H3,(H2,21,22,23);1H. The van der Waals surface area contributed by atoms with Gasteiger partial charge in [0.2, 0.25) is 0 Å². The normalized spacial score (nSPS) is 18.7. The smallest absolute Gasteiger partial charge is 0.191 e. The number of aliphatic imine (C=N–C) groups is 1. The number of likely N-dealkylation sites (tertiary alicyclic amines) is 1. The summed E-state index contributed by atoms with van der Waals surface area (Å²) in [7, 11) is 0. The van der Waals surface area contributed by atoms with E-state index in [0.29, 0.717) is 6.54 Å². The number of benzene rings is 1. The van der Waals surface area contributed by atoms with Gasteiger partial charge >= 0.3 is 0 Å². The zero-order chi connectivity index (χ0) is 18.1. The number of rotatable bonds is 7. The number of aliphatic hydroxyl groups is 1. The molecule has 148 valence electrons. The summed E-state index contributed by atoms with van der Waals surface area (Å²) in [6.07, 6.45) is 2.60. The molecule has 0 spiro atoms. The molecule has 1 saturated heterocycles. The second kappa shape index (κ2) is 11.8. The molecule has 0 radical (unpaired) electrons. The van der Waals surface area contributed by atoms with Crippen molar-refractivity contribution in [2.45, 2.75) is 39.2 Å². The molecule has 0 aliphatic carbocycles. The Morgan fingerprint density at radius 1 is 1.23 bits per heavy atom. The highest BCUT2D eigenvalue weighted by Crippen LogP contribution is 2.20. The van der Waals surface area contributed by atoms with Crippen LogP contribution < -0.4 is 10.6 Å². The van der Waals surface area contributed by atoms with Gasteiger partial charge in [-0.25, -0.2) is 4.99 Å². The molecule has 2 rings (SSSR count). The van der Waals surface area contributed by atoms with Crippen molar-refractivity contribution in [1.29, 1.82) is 0 Å². The Bertz CT molecular complexity index is 528. The summed E-state index contributed by atoms with van der Waals surface area (Å²) in [5.74, 6) is 1.63. The van der Waals surface area contributed by atoms with Crippen LogP contribution >= 0.6 is 24.0 Å². The van der Waals surface area contributed by atoms with Gasteiger partial charge in [0, 0.05) is 19.6 Å². The minimum Gasteiger partial charge on any atom is -0.384 e. The van der Waals surface area contributed by atoms with Crippen molar-refractivity contribution in [3.63, 3.8) is 0 Å². The van der Waals surface area contributed by atoms with E-state index >= 15 is 0 Å². The molecular formula is C20H35IN4O. The fourth-order valence-electron chi connectivity index (χ4n) is 3.08. The van der Waals surface area contributed by atoms with E-state index in [1.807, 2.05) is 37.3 Å². The summed E-state index contributed by atoms with van der Waals surface area (Å²) >= 11 is 0. The van der Waals surface area contributed by atoms with Crippen molar-refractivity contribution in [2.75, 3.05) is 39.3 Å². The van der Waals surface area contributed by atoms with Crippen LogP contribution in [0.15, 0.2) is 35.3 Å². The predicted molar refractivity (Wildman–Crippen MR) is 120 cm³/mol. The van der Waals surface area contributed by atoms with Gasteiger partial charge in [-0.2, -0.15) is 0 Å². The molecule has 0 amide bonds. The highest BCUT2D eigenvalue weighted by atomic mass is 127. The van der Waals surface area contributed by atoms with Gasteiger partial charge in [-0.3, -0.25) is 0 Å². The third-order valence-corrected chi connectivity index (χ3v) is 4.88. The summed E-state index contributed by atoms with van der Waals surface area (Å²) < 4.78 is 0. The topological polar surface area (TPSA) is 59.9 Å². The molecule has 1 aliphatic heterocycles. The number of nitrogens with one attached hydrogen (secondary N) is 2. The maximum Gasteiger partial charge on any atom is 0.191 e. The maximum absolute atomic E-state index is 10.7. The summed E-state index contributed by atoms with van der Waals surface area (Å²) in [6.45, 7) is 11.6. The average molecular weight is 474 g/mol. The lowest BCUT2D eigenvalue weighted by Gasteiger charge is -2.30. The van der Waals surface area contributed by atoms with E-state index in [1.165, 1.54) is 25.9 Å². The first kappa shape index (κ1) is 23.2. The Balaban J connectivity index is 0.00000338. The Morgan fingerprint density at radius 2 is 1.88 bits per heavy atom. The van der Waals surface area contributed by atoms with E-state index in [1.54, 1.807) is 0 Å². The highest BCUT2D eigenvalue weighted by Gasteiger charge is 2.22. The average Bonchev–Trinajstić information content (AvgIpc) is 2.62. The Labute approximate surface area is 175 Å². The number of nitrogens with zero attached hydrogens (tertiary/aromatic N) is 2. The Kier molecular flexibility index (Phi) is 10.5. The predicted octanol–water partition coefficient (Wildman–Crippen LogP) is 2.80. The molecule has 26 heavy (non-hydrogen) atoms. The van der Waals surface area contributed by atoms with Gasteiger partial charge in [0.25, 0.3) is 0 Å². The SMILES string of the molecule is CCNC(=NCC(C)(O)c1ccccc1)NCCN1CCC(C)CC1.I. The van der Waals surface area contributed by atoms with Gasteiger partial charge < -0.3 is 20.6 Å². The van der Waals surface area contributed by atoms with E-state index < -0.39 is 5.60 Å². The molecule has 1 unspecified atom stereocenters. The van der Waals surface area contributed by atoms with Gasteiger partial charge in [0.05, 0.1) is 6.54 Å². The van der Waals surface area contributed by atoms with E-state index in [-0.39, 0.29) is 24.0 Å². The van der Waals surface area contributed by atoms with Crippen LogP contribution in [0.3, 0.4) is 0 Å². The van der Waals surface area contributed by atoms with Gasteiger partial charge in [-0.05, 0) is 51.3 Å². The third kappa shape index (κ3) is 7.80. The number of guanidine groups is 1. The number of hydrogen-bond donors (Lipinski definition) is 3. The first-order chi connectivity index (χ1) is 12.0. The van der Waals surface area contributed by atoms with Gasteiger partial charge in [-0.1, -0.05) is 37.3 Å². The quantitative estimate of drug-likeness (QED) is 0.323. The highest BCUT2D eigenvalue weighted by molar-refractivity contribution is 14.0. The molecule has 0 aromatic heterocycles. The summed E-state index contributed by atoms with van der Waals surface area (Å²) in [5.41, 5.74) is -0.0795. The molecule has 0 bridgehead atoms. The monoisotopic (exact) mass is 474 g/mol. The summed E-state index contributed by atoms with van der Waals surface area (Å²) in [4.78, 5) is 7.09. The van der Waals surface area contributed by atoms with Crippen molar-refractivity contribution in [1.82, 2.24) is 15.5 Å². The largest absolute Gasteiger partial charge is 0.384 e. The van der Waals surface area contributed by atoms with Gasteiger partial charge in [0.1, 0.15) is 5.60 Å². The van der Waals surface area contributed by atoms with E-state index in [2.05, 4.69) is 34.4 Å². The zero-order valence-corrected chi connectivity index (χ0v) is 18.7. The molecule has 0 saturated carbocycles. The van der Waals surface area contributed by atoms with Crippen LogP contribution in [0.2, 0.25) is 0 Å². The second-order valence-electron chi connectivity index (χ2n) is 7.29. The van der Waals surface area contributed by atoms with Crippen molar-refractivity contribution >= 4 is 29.9 Å². The van der Waals surface area contributed by atoms with Crippen molar-refractivity contribution in [2.24, 2.45) is 10.9 Å². The van der Waals surface area contributed by atoms with Gasteiger partial charge in [0.15, 0.2) is 5.96 Å². The number of piperidine rings is 1. The molecule has 1 fully saturated rings. The lowest BCUT2D eigenvalue weighted by Crippen LogP contribution is -2.43. The summed E-state index contributed by atoms with van der Waals surface area (Å²) in [6, 6.07) is 9.71.